The second-order valence-corrected chi connectivity index (χ2v) is 8.44. The molecule has 0 spiro atoms. The molecule has 1 aliphatic heterocycles. The zero-order chi connectivity index (χ0) is 22.5. The van der Waals surface area contributed by atoms with Gasteiger partial charge >= 0.3 is 0 Å². The van der Waals surface area contributed by atoms with Crippen LogP contribution < -0.4 is 5.32 Å². The van der Waals surface area contributed by atoms with Crippen LogP contribution in [0.25, 0.3) is 0 Å². The predicted octanol–water partition coefficient (Wildman–Crippen LogP) is 3.97. The molecule has 0 unspecified atom stereocenters. The molecule has 5 atom stereocenters. The summed E-state index contributed by atoms with van der Waals surface area (Å²) in [5.41, 5.74) is -0.305. The van der Waals surface area contributed by atoms with E-state index in [1.807, 2.05) is 36.4 Å². The first-order valence-corrected chi connectivity index (χ1v) is 11.5. The molecule has 1 N–H and O–H groups in total. The fraction of sp³-hybridized carbons (Fsp3) is 0.542. The lowest BCUT2D eigenvalue weighted by atomic mass is 9.98. The van der Waals surface area contributed by atoms with Gasteiger partial charge in [0.1, 0.15) is 29.9 Å². The zero-order valence-electron chi connectivity index (χ0n) is 18.5. The molecule has 1 heterocycles. The van der Waals surface area contributed by atoms with Crippen molar-refractivity contribution in [3.8, 4) is 0 Å². The second-order valence-electron chi connectivity index (χ2n) is 7.27. The summed E-state index contributed by atoms with van der Waals surface area (Å²) in [5, 5.41) is 2.97. The highest BCUT2D eigenvalue weighted by Gasteiger charge is 2.47. The quantitative estimate of drug-likeness (QED) is 0.343. The Hall–Kier alpha value is -1.64. The van der Waals surface area contributed by atoms with Crippen LogP contribution in [0, 0.1) is 0 Å². The van der Waals surface area contributed by atoms with E-state index in [1.165, 1.54) is 0 Å². The summed E-state index contributed by atoms with van der Waals surface area (Å²) >= 11 is 1.58. The number of ether oxygens (including phenoxy) is 4. The minimum atomic E-state index is -0.368. The van der Waals surface area contributed by atoms with Gasteiger partial charge in [-0.2, -0.15) is 0 Å². The van der Waals surface area contributed by atoms with Gasteiger partial charge in [-0.25, -0.2) is 0 Å². The Balaban J connectivity index is 2.15. The van der Waals surface area contributed by atoms with E-state index in [1.54, 1.807) is 32.1 Å². The van der Waals surface area contributed by atoms with Gasteiger partial charge in [0.15, 0.2) is 0 Å². The van der Waals surface area contributed by atoms with Gasteiger partial charge in [-0.15, -0.1) is 13.2 Å². The highest BCUT2D eigenvalue weighted by atomic mass is 32.2. The zero-order valence-corrected chi connectivity index (χ0v) is 19.4. The molecule has 1 fully saturated rings. The summed E-state index contributed by atoms with van der Waals surface area (Å²) in [5.74, 6) is -0.0380. The summed E-state index contributed by atoms with van der Waals surface area (Å²) in [6.45, 7) is 8.31. The highest BCUT2D eigenvalue weighted by molar-refractivity contribution is 7.99. The Bertz CT molecular complexity index is 671. The van der Waals surface area contributed by atoms with Gasteiger partial charge in [0.05, 0.1) is 0 Å². The number of thioether (sulfide) groups is 1. The summed E-state index contributed by atoms with van der Waals surface area (Å²) in [6, 6.07) is 10.0. The number of benzene rings is 1. The van der Waals surface area contributed by atoms with E-state index in [0.717, 1.165) is 17.7 Å². The number of unbranched alkanes of at least 4 members (excludes halogenated alkanes) is 1. The van der Waals surface area contributed by atoms with Crippen molar-refractivity contribution in [1.82, 2.24) is 5.32 Å². The van der Waals surface area contributed by atoms with E-state index in [4.69, 9.17) is 18.9 Å². The largest absolute Gasteiger partial charge is 0.376 e. The standard InChI is InChI=1S/C24H35NO5S/c1-5-7-12-16-29-21-19(17-25-20(26)15-8-6-2)30-24(23(28-4)22(21)27-3)31-18-13-10-9-11-14-18/h5-6,9-11,13-14,19,21-24H,1-2,7-8,12,15-17H2,3-4H3,(H,25,26)/t19-,21-,22+,23-,24+/m1/s1. The summed E-state index contributed by atoms with van der Waals surface area (Å²) in [6.07, 6.45) is 4.97. The number of rotatable bonds is 14. The lowest BCUT2D eigenvalue weighted by Crippen LogP contribution is -2.61. The molecule has 1 saturated heterocycles. The molecular weight excluding hydrogens is 414 g/mol. The summed E-state index contributed by atoms with van der Waals surface area (Å²) in [4.78, 5) is 13.2. The molecule has 31 heavy (non-hydrogen) atoms. The van der Waals surface area contributed by atoms with Gasteiger partial charge in [0, 0.05) is 38.7 Å². The third kappa shape index (κ3) is 8.09. The molecule has 172 valence electrons. The maximum Gasteiger partial charge on any atom is 0.220 e. The van der Waals surface area contributed by atoms with Crippen LogP contribution in [-0.2, 0) is 23.7 Å². The van der Waals surface area contributed by atoms with E-state index in [-0.39, 0.29) is 35.8 Å². The molecule has 0 aromatic heterocycles. The lowest BCUT2D eigenvalue weighted by Gasteiger charge is -2.45. The fourth-order valence-electron chi connectivity index (χ4n) is 3.47. The number of nitrogens with one attached hydrogen (secondary N) is 1. The molecule has 1 amide bonds. The van der Waals surface area contributed by atoms with Crippen LogP contribution >= 0.6 is 11.8 Å². The van der Waals surface area contributed by atoms with Crippen LogP contribution in [0.1, 0.15) is 25.7 Å². The third-order valence-corrected chi connectivity index (χ3v) is 6.23. The predicted molar refractivity (Wildman–Crippen MR) is 124 cm³/mol. The normalized spacial score (nSPS) is 25.7. The first-order valence-electron chi connectivity index (χ1n) is 10.7. The molecule has 7 heteroatoms. The van der Waals surface area contributed by atoms with Crippen molar-refractivity contribution in [3.63, 3.8) is 0 Å². The Morgan fingerprint density at radius 3 is 2.45 bits per heavy atom. The second kappa shape index (κ2) is 14.4. The van der Waals surface area contributed by atoms with Crippen molar-refractivity contribution >= 4 is 17.7 Å². The Kier molecular flexibility index (Phi) is 11.9. The van der Waals surface area contributed by atoms with Crippen LogP contribution in [0.3, 0.4) is 0 Å². The van der Waals surface area contributed by atoms with Crippen molar-refractivity contribution in [2.24, 2.45) is 0 Å². The smallest absolute Gasteiger partial charge is 0.220 e. The monoisotopic (exact) mass is 449 g/mol. The molecule has 1 aliphatic rings. The van der Waals surface area contributed by atoms with Gasteiger partial charge in [0.25, 0.3) is 0 Å². The topological polar surface area (TPSA) is 66.0 Å². The van der Waals surface area contributed by atoms with Crippen molar-refractivity contribution in [1.29, 1.82) is 0 Å². The van der Waals surface area contributed by atoms with E-state index in [0.29, 0.717) is 26.0 Å². The van der Waals surface area contributed by atoms with Crippen molar-refractivity contribution < 1.29 is 23.7 Å². The average molecular weight is 450 g/mol. The summed E-state index contributed by atoms with van der Waals surface area (Å²) < 4.78 is 24.3. The number of carbonyl (C=O) groups excluding carboxylic acids is 1. The first kappa shape index (κ1) is 25.6. The SMILES string of the molecule is C=CCCCO[C@H]1[C@H](OC)[C@@H](OC)[C@H](Sc2ccccc2)O[C@@H]1CNC(=O)CCC=C. The Labute approximate surface area is 190 Å². The highest BCUT2D eigenvalue weighted by Crippen LogP contribution is 2.36. The number of allylic oxidation sites excluding steroid dienone is 2. The van der Waals surface area contributed by atoms with Gasteiger partial charge < -0.3 is 24.3 Å². The van der Waals surface area contributed by atoms with Gasteiger partial charge in [-0.1, -0.05) is 42.1 Å². The molecular formula is C24H35NO5S. The molecule has 1 aromatic rings. The number of hydrogen-bond acceptors (Lipinski definition) is 6. The number of methoxy groups -OCH3 is 2. The molecule has 0 saturated carbocycles. The minimum Gasteiger partial charge on any atom is -0.376 e. The minimum absolute atomic E-state index is 0.0380. The maximum absolute atomic E-state index is 12.2. The molecule has 1 aromatic carbocycles. The van der Waals surface area contributed by atoms with Crippen molar-refractivity contribution in [3.05, 3.63) is 55.6 Å². The van der Waals surface area contributed by atoms with Gasteiger partial charge in [0.2, 0.25) is 5.91 Å². The number of carbonyl (C=O) groups is 1. The number of hydrogen-bond donors (Lipinski definition) is 1. The van der Waals surface area contributed by atoms with E-state index in [2.05, 4.69) is 18.5 Å². The molecule has 6 nitrogen and oxygen atoms in total. The summed E-state index contributed by atoms with van der Waals surface area (Å²) in [7, 11) is 3.32. The fourth-order valence-corrected chi connectivity index (χ4v) is 4.65. The van der Waals surface area contributed by atoms with Crippen LogP contribution in [-0.4, -0.2) is 63.1 Å². The van der Waals surface area contributed by atoms with Gasteiger partial charge in [-0.3, -0.25) is 4.79 Å². The Morgan fingerprint density at radius 1 is 1.10 bits per heavy atom. The third-order valence-electron chi connectivity index (χ3n) is 5.07. The average Bonchev–Trinajstić information content (AvgIpc) is 2.79. The lowest BCUT2D eigenvalue weighted by molar-refractivity contribution is -0.226. The Morgan fingerprint density at radius 2 is 1.81 bits per heavy atom. The molecule has 0 radical (unpaired) electrons. The van der Waals surface area contributed by atoms with E-state index < -0.39 is 0 Å². The maximum atomic E-state index is 12.2. The van der Waals surface area contributed by atoms with E-state index in [9.17, 15) is 4.79 Å². The van der Waals surface area contributed by atoms with Crippen LogP contribution in [0.15, 0.2) is 60.5 Å². The number of amides is 1. The van der Waals surface area contributed by atoms with Crippen LogP contribution in [0.2, 0.25) is 0 Å². The van der Waals surface area contributed by atoms with Crippen molar-refractivity contribution in [2.75, 3.05) is 27.4 Å². The molecule has 0 aliphatic carbocycles. The molecule has 2 rings (SSSR count). The van der Waals surface area contributed by atoms with E-state index >= 15 is 0 Å². The van der Waals surface area contributed by atoms with Crippen LogP contribution in [0.5, 0.6) is 0 Å². The van der Waals surface area contributed by atoms with Crippen molar-refractivity contribution in [2.45, 2.75) is 60.4 Å². The van der Waals surface area contributed by atoms with Crippen LogP contribution in [0.4, 0.5) is 0 Å². The first-order chi connectivity index (χ1) is 15.1. The van der Waals surface area contributed by atoms with Gasteiger partial charge in [-0.05, 0) is 31.4 Å². The molecule has 0 bridgehead atoms.